The number of halogens is 1. The number of rotatable bonds is 4. The third-order valence-corrected chi connectivity index (χ3v) is 4.46. The van der Waals surface area contributed by atoms with Crippen LogP contribution in [0.1, 0.15) is 18.1 Å². The third kappa shape index (κ3) is 4.73. The Balaban J connectivity index is 1.67. The summed E-state index contributed by atoms with van der Waals surface area (Å²) in [5.41, 5.74) is 0.868. The molecule has 1 fully saturated rings. The van der Waals surface area contributed by atoms with E-state index in [1.54, 1.807) is 12.3 Å². The van der Waals surface area contributed by atoms with E-state index < -0.39 is 0 Å². The second-order valence-electron chi connectivity index (χ2n) is 6.25. The molecule has 1 aliphatic rings. The van der Waals surface area contributed by atoms with Crippen molar-refractivity contribution in [3.8, 4) is 6.07 Å². The average Bonchev–Trinajstić information content (AvgIpc) is 2.73. The number of nitrogens with zero attached hydrogens (tertiary/aromatic N) is 5. The molecule has 0 bridgehead atoms. The lowest BCUT2D eigenvalue weighted by Gasteiger charge is -2.37. The third-order valence-electron chi connectivity index (χ3n) is 4.46. The maximum absolute atomic E-state index is 14.0. The zero-order valence-electron chi connectivity index (χ0n) is 15.4. The Labute approximate surface area is 159 Å². The molecule has 1 aliphatic heterocycles. The highest BCUT2D eigenvalue weighted by atomic mass is 19.1. The second-order valence-corrected chi connectivity index (χ2v) is 6.25. The molecule has 2 aromatic rings. The molecule has 1 aromatic heterocycles. The molecule has 0 unspecified atom stereocenters. The van der Waals surface area contributed by atoms with Crippen LogP contribution in [0.3, 0.4) is 0 Å². The summed E-state index contributed by atoms with van der Waals surface area (Å²) in [5, 5.41) is 12.3. The van der Waals surface area contributed by atoms with Crippen LogP contribution in [-0.2, 0) is 6.54 Å². The predicted octanol–water partition coefficient (Wildman–Crippen LogP) is 2.38. The summed E-state index contributed by atoms with van der Waals surface area (Å²) < 4.78 is 14.0. The summed E-state index contributed by atoms with van der Waals surface area (Å²) in [5.74, 6) is 1.41. The fourth-order valence-electron chi connectivity index (χ4n) is 3.04. The standard InChI is InChI=1S/C20H23FN6/c1-2-23-20(25-15-17-13-16(14-22)6-7-18(17)21)27-11-9-26(10-12-27)19-5-3-4-8-24-19/h3-8,13H,2,9-12,15H2,1H3,(H,23,25). The SMILES string of the molecule is CCNC(=NCc1cc(C#N)ccc1F)N1CCN(c2ccccn2)CC1. The first-order valence-electron chi connectivity index (χ1n) is 9.09. The molecule has 0 radical (unpaired) electrons. The van der Waals surface area contributed by atoms with E-state index in [9.17, 15) is 4.39 Å². The number of aromatic nitrogens is 1. The van der Waals surface area contributed by atoms with Gasteiger partial charge in [0.1, 0.15) is 11.6 Å². The predicted molar refractivity (Wildman–Crippen MR) is 104 cm³/mol. The van der Waals surface area contributed by atoms with Gasteiger partial charge in [-0.3, -0.25) is 0 Å². The van der Waals surface area contributed by atoms with Crippen LogP contribution in [0, 0.1) is 17.1 Å². The Morgan fingerprint density at radius 1 is 1.26 bits per heavy atom. The number of aliphatic imine (C=N–C) groups is 1. The van der Waals surface area contributed by atoms with Gasteiger partial charge in [-0.1, -0.05) is 6.07 Å². The van der Waals surface area contributed by atoms with Crippen LogP contribution in [0.25, 0.3) is 0 Å². The first-order chi connectivity index (χ1) is 13.2. The summed E-state index contributed by atoms with van der Waals surface area (Å²) >= 11 is 0. The molecule has 0 spiro atoms. The maximum Gasteiger partial charge on any atom is 0.194 e. The number of guanidine groups is 1. The molecule has 0 amide bonds. The van der Waals surface area contributed by atoms with Gasteiger partial charge < -0.3 is 15.1 Å². The van der Waals surface area contributed by atoms with Crippen LogP contribution in [-0.4, -0.2) is 48.6 Å². The average molecular weight is 366 g/mol. The summed E-state index contributed by atoms with van der Waals surface area (Å²) in [6.07, 6.45) is 1.80. The number of pyridine rings is 1. The van der Waals surface area contributed by atoms with E-state index >= 15 is 0 Å². The van der Waals surface area contributed by atoms with E-state index in [0.717, 1.165) is 44.5 Å². The molecular formula is C20H23FN6. The lowest BCUT2D eigenvalue weighted by molar-refractivity contribution is 0.371. The van der Waals surface area contributed by atoms with E-state index in [0.29, 0.717) is 11.1 Å². The molecule has 3 rings (SSSR count). The normalized spacial score (nSPS) is 14.8. The lowest BCUT2D eigenvalue weighted by Crippen LogP contribution is -2.52. The van der Waals surface area contributed by atoms with Crippen LogP contribution >= 0.6 is 0 Å². The van der Waals surface area contributed by atoms with Crippen LogP contribution in [0.4, 0.5) is 10.2 Å². The Kier molecular flexibility index (Phi) is 6.21. The van der Waals surface area contributed by atoms with Crippen molar-refractivity contribution in [1.82, 2.24) is 15.2 Å². The molecule has 1 N–H and O–H groups in total. The van der Waals surface area contributed by atoms with Crippen molar-refractivity contribution in [1.29, 1.82) is 5.26 Å². The van der Waals surface area contributed by atoms with Crippen molar-refractivity contribution in [3.63, 3.8) is 0 Å². The van der Waals surface area contributed by atoms with Gasteiger partial charge in [-0.25, -0.2) is 14.4 Å². The molecule has 6 nitrogen and oxygen atoms in total. The highest BCUT2D eigenvalue weighted by Crippen LogP contribution is 2.14. The first kappa shape index (κ1) is 18.6. The quantitative estimate of drug-likeness (QED) is 0.665. The number of benzene rings is 1. The molecule has 2 heterocycles. The van der Waals surface area contributed by atoms with Crippen molar-refractivity contribution < 1.29 is 4.39 Å². The Hall–Kier alpha value is -3.14. The number of nitrogens with one attached hydrogen (secondary N) is 1. The van der Waals surface area contributed by atoms with E-state index in [2.05, 4.69) is 25.1 Å². The van der Waals surface area contributed by atoms with E-state index in [1.165, 1.54) is 12.1 Å². The number of hydrogen-bond acceptors (Lipinski definition) is 4. The van der Waals surface area contributed by atoms with Crippen LogP contribution < -0.4 is 10.2 Å². The Bertz CT molecular complexity index is 822. The monoisotopic (exact) mass is 366 g/mol. The van der Waals surface area contributed by atoms with Crippen LogP contribution in [0.2, 0.25) is 0 Å². The Morgan fingerprint density at radius 3 is 2.74 bits per heavy atom. The highest BCUT2D eigenvalue weighted by molar-refractivity contribution is 5.80. The van der Waals surface area contributed by atoms with Gasteiger partial charge in [0.05, 0.1) is 18.2 Å². The molecular weight excluding hydrogens is 343 g/mol. The van der Waals surface area contributed by atoms with Crippen molar-refractivity contribution in [3.05, 3.63) is 59.5 Å². The largest absolute Gasteiger partial charge is 0.357 e. The van der Waals surface area contributed by atoms with Gasteiger partial charge >= 0.3 is 0 Å². The topological polar surface area (TPSA) is 67.6 Å². The minimum Gasteiger partial charge on any atom is -0.357 e. The van der Waals surface area contributed by atoms with E-state index in [-0.39, 0.29) is 12.4 Å². The molecule has 0 saturated carbocycles. The molecule has 1 saturated heterocycles. The fraction of sp³-hybridized carbons (Fsp3) is 0.350. The van der Waals surface area contributed by atoms with Gasteiger partial charge in [-0.15, -0.1) is 0 Å². The van der Waals surface area contributed by atoms with Gasteiger partial charge in [0.15, 0.2) is 5.96 Å². The Morgan fingerprint density at radius 2 is 2.07 bits per heavy atom. The number of piperazine rings is 1. The van der Waals surface area contributed by atoms with E-state index in [1.807, 2.05) is 31.2 Å². The number of nitriles is 1. The fourth-order valence-corrected chi connectivity index (χ4v) is 3.04. The second kappa shape index (κ2) is 8.99. The highest BCUT2D eigenvalue weighted by Gasteiger charge is 2.20. The minimum absolute atomic E-state index is 0.199. The molecule has 1 aromatic carbocycles. The summed E-state index contributed by atoms with van der Waals surface area (Å²) in [6.45, 7) is 6.26. The van der Waals surface area contributed by atoms with Gasteiger partial charge in [0, 0.05) is 44.5 Å². The van der Waals surface area contributed by atoms with Crippen molar-refractivity contribution in [2.45, 2.75) is 13.5 Å². The van der Waals surface area contributed by atoms with Crippen molar-refractivity contribution >= 4 is 11.8 Å². The van der Waals surface area contributed by atoms with Gasteiger partial charge in [-0.05, 0) is 37.3 Å². The summed E-state index contributed by atoms with van der Waals surface area (Å²) in [4.78, 5) is 13.4. The lowest BCUT2D eigenvalue weighted by atomic mass is 10.1. The van der Waals surface area contributed by atoms with Crippen molar-refractivity contribution in [2.24, 2.45) is 4.99 Å². The van der Waals surface area contributed by atoms with Gasteiger partial charge in [0.25, 0.3) is 0 Å². The number of anilines is 1. The molecule has 0 atom stereocenters. The van der Waals surface area contributed by atoms with Crippen LogP contribution in [0.15, 0.2) is 47.6 Å². The van der Waals surface area contributed by atoms with E-state index in [4.69, 9.17) is 5.26 Å². The minimum atomic E-state index is -0.339. The summed E-state index contributed by atoms with van der Waals surface area (Å²) in [6, 6.07) is 12.3. The molecule has 140 valence electrons. The maximum atomic E-state index is 14.0. The number of hydrogen-bond donors (Lipinski definition) is 1. The van der Waals surface area contributed by atoms with Gasteiger partial charge in [-0.2, -0.15) is 5.26 Å². The molecule has 0 aliphatic carbocycles. The smallest absolute Gasteiger partial charge is 0.194 e. The molecule has 7 heteroatoms. The summed E-state index contributed by atoms with van der Waals surface area (Å²) in [7, 11) is 0. The zero-order chi connectivity index (χ0) is 19.1. The first-order valence-corrected chi connectivity index (χ1v) is 9.09. The van der Waals surface area contributed by atoms with Crippen molar-refractivity contribution in [2.75, 3.05) is 37.6 Å². The molecule has 27 heavy (non-hydrogen) atoms. The zero-order valence-corrected chi connectivity index (χ0v) is 15.4. The van der Waals surface area contributed by atoms with Crippen LogP contribution in [0.5, 0.6) is 0 Å². The van der Waals surface area contributed by atoms with Gasteiger partial charge in [0.2, 0.25) is 0 Å².